The molecule has 2 aliphatic rings. The molecule has 1 aliphatic heterocycles. The van der Waals surface area contributed by atoms with Crippen LogP contribution in [0.1, 0.15) is 46.0 Å². The summed E-state index contributed by atoms with van der Waals surface area (Å²) in [5.41, 5.74) is -1.04. The third-order valence-corrected chi connectivity index (χ3v) is 4.38. The van der Waals surface area contributed by atoms with Crippen molar-refractivity contribution in [1.82, 2.24) is 9.80 Å². The van der Waals surface area contributed by atoms with Crippen molar-refractivity contribution in [3.63, 3.8) is 0 Å². The molecular weight excluding hydrogens is 240 g/mol. The summed E-state index contributed by atoms with van der Waals surface area (Å²) in [6.07, 6.45) is 5.57. The van der Waals surface area contributed by atoms with Gasteiger partial charge in [0.2, 0.25) is 0 Å². The fraction of sp³-hybridized carbons (Fsp3) is 1.00. The number of rotatable bonds is 4. The van der Waals surface area contributed by atoms with Gasteiger partial charge in [0.15, 0.2) is 0 Å². The number of piperazine rings is 1. The molecule has 0 bridgehead atoms. The van der Waals surface area contributed by atoms with E-state index in [1.807, 2.05) is 13.8 Å². The van der Waals surface area contributed by atoms with Gasteiger partial charge in [0.25, 0.3) is 0 Å². The first-order valence-corrected chi connectivity index (χ1v) is 7.76. The van der Waals surface area contributed by atoms with Crippen molar-refractivity contribution >= 4 is 0 Å². The van der Waals surface area contributed by atoms with E-state index in [1.54, 1.807) is 0 Å². The highest BCUT2D eigenvalue weighted by atomic mass is 16.3. The topological polar surface area (TPSA) is 46.9 Å². The molecule has 112 valence electrons. The van der Waals surface area contributed by atoms with E-state index in [-0.39, 0.29) is 0 Å². The summed E-state index contributed by atoms with van der Waals surface area (Å²) in [7, 11) is 0. The Morgan fingerprint density at radius 3 is 2.00 bits per heavy atom. The molecule has 0 atom stereocenters. The van der Waals surface area contributed by atoms with E-state index in [4.69, 9.17) is 0 Å². The first-order valence-electron chi connectivity index (χ1n) is 7.76. The fourth-order valence-electron chi connectivity index (χ4n) is 3.44. The van der Waals surface area contributed by atoms with Crippen LogP contribution in [0.3, 0.4) is 0 Å². The molecule has 0 amide bonds. The molecule has 0 aromatic carbocycles. The van der Waals surface area contributed by atoms with Crippen molar-refractivity contribution in [1.29, 1.82) is 0 Å². The highest BCUT2D eigenvalue weighted by Crippen LogP contribution is 2.29. The summed E-state index contributed by atoms with van der Waals surface area (Å²) in [5, 5.41) is 20.4. The monoisotopic (exact) mass is 270 g/mol. The van der Waals surface area contributed by atoms with Crippen LogP contribution in [0.4, 0.5) is 0 Å². The van der Waals surface area contributed by atoms with Crippen LogP contribution in [0.2, 0.25) is 0 Å². The van der Waals surface area contributed by atoms with Gasteiger partial charge < -0.3 is 10.2 Å². The van der Waals surface area contributed by atoms with Gasteiger partial charge in [-0.25, -0.2) is 0 Å². The minimum absolute atomic E-state index is 0.434. The molecule has 1 aliphatic carbocycles. The van der Waals surface area contributed by atoms with Crippen LogP contribution in [0.25, 0.3) is 0 Å². The molecule has 0 aromatic rings. The Balaban J connectivity index is 1.74. The van der Waals surface area contributed by atoms with Gasteiger partial charge in [0.1, 0.15) is 0 Å². The second-order valence-electron chi connectivity index (χ2n) is 7.15. The van der Waals surface area contributed by atoms with E-state index in [9.17, 15) is 10.2 Å². The molecule has 1 heterocycles. The van der Waals surface area contributed by atoms with Gasteiger partial charge in [-0.1, -0.05) is 19.3 Å². The maximum absolute atomic E-state index is 10.6. The lowest BCUT2D eigenvalue weighted by molar-refractivity contribution is -0.0420. The Labute approximate surface area is 117 Å². The Morgan fingerprint density at radius 2 is 1.47 bits per heavy atom. The van der Waals surface area contributed by atoms with E-state index in [1.165, 1.54) is 19.3 Å². The highest BCUT2D eigenvalue weighted by Gasteiger charge is 2.32. The summed E-state index contributed by atoms with van der Waals surface area (Å²) >= 11 is 0. The Morgan fingerprint density at radius 1 is 0.947 bits per heavy atom. The zero-order valence-electron chi connectivity index (χ0n) is 12.6. The van der Waals surface area contributed by atoms with Crippen molar-refractivity contribution in [2.45, 2.75) is 57.2 Å². The molecule has 1 saturated heterocycles. The average Bonchev–Trinajstić information content (AvgIpc) is 2.30. The molecule has 19 heavy (non-hydrogen) atoms. The third-order valence-electron chi connectivity index (χ3n) is 4.38. The van der Waals surface area contributed by atoms with Crippen LogP contribution in [-0.2, 0) is 0 Å². The SMILES string of the molecule is CC(C)(O)CN1CCN(CC2(O)CCCCC2)CC1. The van der Waals surface area contributed by atoms with Gasteiger partial charge >= 0.3 is 0 Å². The molecule has 2 fully saturated rings. The van der Waals surface area contributed by atoms with Crippen LogP contribution < -0.4 is 0 Å². The van der Waals surface area contributed by atoms with Gasteiger partial charge in [-0.15, -0.1) is 0 Å². The number of β-amino-alcohol motifs (C(OH)–C–C–N with tert-alkyl or cyclic N) is 2. The minimum Gasteiger partial charge on any atom is -0.389 e. The van der Waals surface area contributed by atoms with Crippen LogP contribution in [0.5, 0.6) is 0 Å². The largest absolute Gasteiger partial charge is 0.389 e. The molecular formula is C15H30N2O2. The van der Waals surface area contributed by atoms with E-state index in [2.05, 4.69) is 9.80 Å². The fourth-order valence-corrected chi connectivity index (χ4v) is 3.44. The zero-order valence-corrected chi connectivity index (χ0v) is 12.6. The van der Waals surface area contributed by atoms with Crippen LogP contribution >= 0.6 is 0 Å². The highest BCUT2D eigenvalue weighted by molar-refractivity contribution is 4.87. The molecule has 2 N–H and O–H groups in total. The molecule has 1 saturated carbocycles. The lowest BCUT2D eigenvalue weighted by Gasteiger charge is -2.42. The Kier molecular flexibility index (Phi) is 4.88. The van der Waals surface area contributed by atoms with Gasteiger partial charge in [-0.2, -0.15) is 0 Å². The van der Waals surface area contributed by atoms with Crippen LogP contribution in [0, 0.1) is 0 Å². The maximum Gasteiger partial charge on any atom is 0.0774 e. The molecule has 2 rings (SSSR count). The third kappa shape index (κ3) is 5.03. The van der Waals surface area contributed by atoms with Crippen molar-refractivity contribution < 1.29 is 10.2 Å². The minimum atomic E-state index is -0.607. The predicted octanol–water partition coefficient (Wildman–Crippen LogP) is 1.07. The Hall–Kier alpha value is -0.160. The maximum atomic E-state index is 10.6. The molecule has 4 nitrogen and oxygen atoms in total. The van der Waals surface area contributed by atoms with Gasteiger partial charge in [0.05, 0.1) is 11.2 Å². The van der Waals surface area contributed by atoms with E-state index >= 15 is 0 Å². The van der Waals surface area contributed by atoms with Crippen LogP contribution in [-0.4, -0.2) is 70.5 Å². The van der Waals surface area contributed by atoms with Crippen molar-refractivity contribution in [3.8, 4) is 0 Å². The van der Waals surface area contributed by atoms with Crippen molar-refractivity contribution in [3.05, 3.63) is 0 Å². The summed E-state index contributed by atoms with van der Waals surface area (Å²) in [6.45, 7) is 9.33. The van der Waals surface area contributed by atoms with E-state index < -0.39 is 11.2 Å². The quantitative estimate of drug-likeness (QED) is 0.802. The first kappa shape index (κ1) is 15.2. The number of hydrogen-bond acceptors (Lipinski definition) is 4. The summed E-state index contributed by atoms with van der Waals surface area (Å²) in [4.78, 5) is 4.72. The Bertz CT molecular complexity index is 274. The van der Waals surface area contributed by atoms with Gasteiger partial charge in [-0.05, 0) is 26.7 Å². The number of hydrogen-bond donors (Lipinski definition) is 2. The van der Waals surface area contributed by atoms with E-state index in [0.717, 1.165) is 52.1 Å². The molecule has 0 unspecified atom stereocenters. The molecule has 4 heteroatoms. The second kappa shape index (κ2) is 6.08. The molecule has 0 aromatic heterocycles. The standard InChI is InChI=1S/C15H30N2O2/c1-14(2,18)12-16-8-10-17(11-9-16)13-15(19)6-4-3-5-7-15/h18-19H,3-13H2,1-2H3. The number of nitrogens with zero attached hydrogens (tertiary/aromatic N) is 2. The predicted molar refractivity (Wildman–Crippen MR) is 77.2 cm³/mol. The van der Waals surface area contributed by atoms with Gasteiger partial charge in [0, 0.05) is 39.3 Å². The number of aliphatic hydroxyl groups is 2. The van der Waals surface area contributed by atoms with Crippen LogP contribution in [0.15, 0.2) is 0 Å². The van der Waals surface area contributed by atoms with Crippen molar-refractivity contribution in [2.75, 3.05) is 39.3 Å². The second-order valence-corrected chi connectivity index (χ2v) is 7.15. The summed E-state index contributed by atoms with van der Waals surface area (Å²) in [6, 6.07) is 0. The smallest absolute Gasteiger partial charge is 0.0774 e. The van der Waals surface area contributed by atoms with Crippen molar-refractivity contribution in [2.24, 2.45) is 0 Å². The lowest BCUT2D eigenvalue weighted by atomic mass is 9.84. The summed E-state index contributed by atoms with van der Waals surface area (Å²) < 4.78 is 0. The normalized spacial score (nSPS) is 26.5. The molecule has 0 radical (unpaired) electrons. The molecule has 0 spiro atoms. The lowest BCUT2D eigenvalue weighted by Crippen LogP contribution is -2.54. The first-order chi connectivity index (χ1) is 8.86. The van der Waals surface area contributed by atoms with Gasteiger partial charge in [-0.3, -0.25) is 9.80 Å². The zero-order chi connectivity index (χ0) is 13.9. The van der Waals surface area contributed by atoms with E-state index in [0.29, 0.717) is 0 Å². The summed E-state index contributed by atoms with van der Waals surface area (Å²) in [5.74, 6) is 0. The average molecular weight is 270 g/mol.